The molecule has 0 saturated heterocycles. The van der Waals surface area contributed by atoms with Gasteiger partial charge in [0.2, 0.25) is 0 Å². The van der Waals surface area contributed by atoms with Crippen molar-refractivity contribution in [3.05, 3.63) is 36.2 Å². The Morgan fingerprint density at radius 1 is 1.36 bits per heavy atom. The lowest BCUT2D eigenvalue weighted by Crippen LogP contribution is -2.11. The molecule has 1 N–H and O–H groups in total. The largest absolute Gasteiger partial charge is 0.385 e. The molecular weight excluding hydrogens is 170 g/mol. The summed E-state index contributed by atoms with van der Waals surface area (Å²) in [7, 11) is 0. The molecule has 1 heterocycles. The molecule has 1 aliphatic heterocycles. The van der Waals surface area contributed by atoms with Crippen LogP contribution in [0.3, 0.4) is 0 Å². The minimum absolute atomic E-state index is 1.04. The number of hydrogen-bond donors (Lipinski definition) is 1. The van der Waals surface area contributed by atoms with E-state index in [4.69, 9.17) is 0 Å². The number of rotatable bonds is 3. The standard InChI is InChI=1S/C13H18N/c1-2-3-5-11-7-8-13-12(10-11)6-4-9-14-13/h7-8,10,14H,1-6,9H2. The lowest BCUT2D eigenvalue weighted by Gasteiger charge is -2.18. The normalized spacial score (nSPS) is 14.6. The van der Waals surface area contributed by atoms with Crippen molar-refractivity contribution in [2.45, 2.75) is 32.1 Å². The van der Waals surface area contributed by atoms with Crippen molar-refractivity contribution in [2.24, 2.45) is 0 Å². The average molecular weight is 188 g/mol. The van der Waals surface area contributed by atoms with Gasteiger partial charge in [0.05, 0.1) is 0 Å². The highest BCUT2D eigenvalue weighted by Gasteiger charge is 2.07. The van der Waals surface area contributed by atoms with E-state index in [0.29, 0.717) is 0 Å². The second-order valence-corrected chi connectivity index (χ2v) is 3.98. The van der Waals surface area contributed by atoms with Crippen LogP contribution < -0.4 is 5.32 Å². The van der Waals surface area contributed by atoms with Gasteiger partial charge in [0.25, 0.3) is 0 Å². The molecule has 75 valence electrons. The predicted octanol–water partition coefficient (Wildman–Crippen LogP) is 3.20. The predicted molar refractivity (Wildman–Crippen MR) is 61.5 cm³/mol. The van der Waals surface area contributed by atoms with E-state index in [9.17, 15) is 0 Å². The number of unbranched alkanes of at least 4 members (excludes halogenated alkanes) is 1. The SMILES string of the molecule is [CH2]CCCc1ccc2c(c1)CCCN2. The second-order valence-electron chi connectivity index (χ2n) is 3.98. The van der Waals surface area contributed by atoms with Crippen LogP contribution in [0.15, 0.2) is 18.2 Å². The first-order valence-corrected chi connectivity index (χ1v) is 5.55. The third kappa shape index (κ3) is 2.09. The molecule has 2 rings (SSSR count). The Labute approximate surface area is 86.5 Å². The van der Waals surface area contributed by atoms with Crippen LogP contribution in [0.1, 0.15) is 30.4 Å². The van der Waals surface area contributed by atoms with E-state index in [-0.39, 0.29) is 0 Å². The number of fused-ring (bicyclic) bond motifs is 1. The van der Waals surface area contributed by atoms with Crippen molar-refractivity contribution < 1.29 is 0 Å². The van der Waals surface area contributed by atoms with E-state index >= 15 is 0 Å². The highest BCUT2D eigenvalue weighted by atomic mass is 14.9. The van der Waals surface area contributed by atoms with Gasteiger partial charge in [-0.3, -0.25) is 0 Å². The first-order chi connectivity index (χ1) is 6.90. The Bertz CT molecular complexity index is 304. The molecule has 1 radical (unpaired) electrons. The summed E-state index contributed by atoms with van der Waals surface area (Å²) in [6, 6.07) is 6.83. The van der Waals surface area contributed by atoms with Crippen LogP contribution in [0.25, 0.3) is 0 Å². The summed E-state index contributed by atoms with van der Waals surface area (Å²) in [6.07, 6.45) is 5.92. The van der Waals surface area contributed by atoms with Crippen molar-refractivity contribution in [3.63, 3.8) is 0 Å². The van der Waals surface area contributed by atoms with E-state index in [2.05, 4.69) is 30.4 Å². The van der Waals surface area contributed by atoms with E-state index < -0.39 is 0 Å². The smallest absolute Gasteiger partial charge is 0.0372 e. The zero-order valence-electron chi connectivity index (χ0n) is 8.68. The summed E-state index contributed by atoms with van der Waals surface area (Å²) >= 11 is 0. The molecule has 0 spiro atoms. The summed E-state index contributed by atoms with van der Waals surface area (Å²) in [4.78, 5) is 0. The summed E-state index contributed by atoms with van der Waals surface area (Å²) in [6.45, 7) is 5.01. The molecule has 1 heteroatoms. The zero-order chi connectivity index (χ0) is 9.80. The fraction of sp³-hybridized carbons (Fsp3) is 0.462. The molecule has 1 aromatic rings. The molecule has 0 aliphatic carbocycles. The Morgan fingerprint density at radius 2 is 2.29 bits per heavy atom. The van der Waals surface area contributed by atoms with E-state index in [0.717, 1.165) is 13.0 Å². The monoisotopic (exact) mass is 188 g/mol. The molecule has 0 unspecified atom stereocenters. The first-order valence-electron chi connectivity index (χ1n) is 5.55. The summed E-state index contributed by atoms with van der Waals surface area (Å²) in [5.74, 6) is 0. The molecule has 0 atom stereocenters. The van der Waals surface area contributed by atoms with Gasteiger partial charge in [-0.2, -0.15) is 0 Å². The molecule has 1 aliphatic rings. The van der Waals surface area contributed by atoms with Crippen LogP contribution in [0.2, 0.25) is 0 Å². The van der Waals surface area contributed by atoms with Gasteiger partial charge in [0.1, 0.15) is 0 Å². The van der Waals surface area contributed by atoms with Gasteiger partial charge >= 0.3 is 0 Å². The van der Waals surface area contributed by atoms with Crippen molar-refractivity contribution >= 4 is 5.69 Å². The number of nitrogens with one attached hydrogen (secondary N) is 1. The molecule has 0 amide bonds. The maximum Gasteiger partial charge on any atom is 0.0372 e. The van der Waals surface area contributed by atoms with Crippen LogP contribution >= 0.6 is 0 Å². The summed E-state index contributed by atoms with van der Waals surface area (Å²) in [5.41, 5.74) is 4.31. The van der Waals surface area contributed by atoms with Crippen molar-refractivity contribution in [3.8, 4) is 0 Å². The van der Waals surface area contributed by atoms with Crippen molar-refractivity contribution in [2.75, 3.05) is 11.9 Å². The lowest BCUT2D eigenvalue weighted by atomic mass is 9.98. The van der Waals surface area contributed by atoms with Crippen molar-refractivity contribution in [1.29, 1.82) is 0 Å². The van der Waals surface area contributed by atoms with Gasteiger partial charge in [0, 0.05) is 12.2 Å². The molecular formula is C13H18N. The van der Waals surface area contributed by atoms with Gasteiger partial charge in [-0.15, -0.1) is 0 Å². The highest BCUT2D eigenvalue weighted by molar-refractivity contribution is 5.54. The number of aryl methyl sites for hydroxylation is 2. The average Bonchev–Trinajstić information content (AvgIpc) is 2.26. The maximum absolute atomic E-state index is 3.88. The Hall–Kier alpha value is -0.980. The van der Waals surface area contributed by atoms with Crippen molar-refractivity contribution in [1.82, 2.24) is 0 Å². The number of benzene rings is 1. The lowest BCUT2D eigenvalue weighted by molar-refractivity contribution is 0.813. The Kier molecular flexibility index (Phi) is 3.07. The van der Waals surface area contributed by atoms with Crippen LogP contribution in [0.5, 0.6) is 0 Å². The van der Waals surface area contributed by atoms with E-state index in [1.807, 2.05) is 0 Å². The van der Waals surface area contributed by atoms with E-state index in [1.165, 1.54) is 42.5 Å². The molecule has 0 aromatic heterocycles. The van der Waals surface area contributed by atoms with Gasteiger partial charge in [-0.25, -0.2) is 0 Å². The maximum atomic E-state index is 3.88. The van der Waals surface area contributed by atoms with Gasteiger partial charge in [-0.1, -0.05) is 25.5 Å². The third-order valence-corrected chi connectivity index (χ3v) is 2.82. The minimum Gasteiger partial charge on any atom is -0.385 e. The van der Waals surface area contributed by atoms with Crippen LogP contribution in [-0.4, -0.2) is 6.54 Å². The van der Waals surface area contributed by atoms with Gasteiger partial charge in [0.15, 0.2) is 0 Å². The van der Waals surface area contributed by atoms with Crippen LogP contribution in [0.4, 0.5) is 5.69 Å². The van der Waals surface area contributed by atoms with Crippen LogP contribution in [0, 0.1) is 6.92 Å². The summed E-state index contributed by atoms with van der Waals surface area (Å²) in [5, 5.41) is 3.43. The zero-order valence-corrected chi connectivity index (χ0v) is 8.68. The first kappa shape index (κ1) is 9.57. The number of anilines is 1. The van der Waals surface area contributed by atoms with Crippen LogP contribution in [-0.2, 0) is 12.8 Å². The second kappa shape index (κ2) is 4.50. The topological polar surface area (TPSA) is 12.0 Å². The quantitative estimate of drug-likeness (QED) is 0.768. The highest BCUT2D eigenvalue weighted by Crippen LogP contribution is 2.23. The fourth-order valence-corrected chi connectivity index (χ4v) is 2.01. The summed E-state index contributed by atoms with van der Waals surface area (Å²) < 4.78 is 0. The molecule has 0 fully saturated rings. The van der Waals surface area contributed by atoms with Gasteiger partial charge < -0.3 is 5.32 Å². The van der Waals surface area contributed by atoms with E-state index in [1.54, 1.807) is 0 Å². The molecule has 14 heavy (non-hydrogen) atoms. The Balaban J connectivity index is 2.12. The molecule has 1 aromatic carbocycles. The third-order valence-electron chi connectivity index (χ3n) is 2.82. The fourth-order valence-electron chi connectivity index (χ4n) is 2.01. The molecule has 0 saturated carbocycles. The minimum atomic E-state index is 1.04. The molecule has 0 bridgehead atoms. The molecule has 1 nitrogen and oxygen atoms in total. The number of hydrogen-bond acceptors (Lipinski definition) is 1. The Morgan fingerprint density at radius 3 is 3.14 bits per heavy atom. The van der Waals surface area contributed by atoms with Gasteiger partial charge in [-0.05, 0) is 42.9 Å².